The van der Waals surface area contributed by atoms with E-state index in [-0.39, 0.29) is 0 Å². The highest BCUT2D eigenvalue weighted by Crippen LogP contribution is 2.37. The summed E-state index contributed by atoms with van der Waals surface area (Å²) in [6.45, 7) is 4.38. The van der Waals surface area contributed by atoms with Crippen LogP contribution in [0.4, 0.5) is 11.6 Å². The van der Waals surface area contributed by atoms with Gasteiger partial charge in [0.05, 0.1) is 0 Å². The summed E-state index contributed by atoms with van der Waals surface area (Å²) in [7, 11) is 0. The molecule has 1 fully saturated rings. The minimum atomic E-state index is 0.597. The highest BCUT2D eigenvalue weighted by atomic mass is 15.1. The van der Waals surface area contributed by atoms with Crippen LogP contribution in [0.1, 0.15) is 45.1 Å². The van der Waals surface area contributed by atoms with Crippen molar-refractivity contribution in [3.05, 3.63) is 11.9 Å². The summed E-state index contributed by atoms with van der Waals surface area (Å²) in [5.41, 5.74) is 6.99. The van der Waals surface area contributed by atoms with Gasteiger partial charge in [0.2, 0.25) is 0 Å². The molecule has 0 bridgehead atoms. The molecule has 4 heteroatoms. The Labute approximate surface area is 103 Å². The van der Waals surface area contributed by atoms with E-state index in [0.29, 0.717) is 11.9 Å². The fourth-order valence-corrected chi connectivity index (χ4v) is 2.34. The van der Waals surface area contributed by atoms with E-state index in [9.17, 15) is 0 Å². The molecule has 2 rings (SSSR count). The van der Waals surface area contributed by atoms with E-state index in [0.717, 1.165) is 30.1 Å². The number of hydrogen-bond acceptors (Lipinski definition) is 4. The highest BCUT2D eigenvalue weighted by molar-refractivity contribution is 5.56. The van der Waals surface area contributed by atoms with Crippen LogP contribution in [-0.2, 0) is 6.42 Å². The number of nitrogens with two attached hydrogens (primary N) is 1. The van der Waals surface area contributed by atoms with Gasteiger partial charge in [-0.3, -0.25) is 0 Å². The van der Waals surface area contributed by atoms with Gasteiger partial charge in [0.15, 0.2) is 0 Å². The summed E-state index contributed by atoms with van der Waals surface area (Å²) in [5, 5.41) is 3.51. The van der Waals surface area contributed by atoms with E-state index >= 15 is 0 Å². The average molecular weight is 234 g/mol. The van der Waals surface area contributed by atoms with E-state index < -0.39 is 0 Å². The number of nitrogen functional groups attached to an aromatic ring is 1. The van der Waals surface area contributed by atoms with E-state index in [2.05, 4.69) is 29.1 Å². The second-order valence-electron chi connectivity index (χ2n) is 4.87. The van der Waals surface area contributed by atoms with Crippen LogP contribution >= 0.6 is 0 Å². The smallest absolute Gasteiger partial charge is 0.134 e. The van der Waals surface area contributed by atoms with Gasteiger partial charge < -0.3 is 11.1 Å². The molecule has 4 nitrogen and oxygen atoms in total. The number of hydrogen-bond donors (Lipinski definition) is 2. The van der Waals surface area contributed by atoms with Crippen molar-refractivity contribution in [1.82, 2.24) is 9.97 Å². The number of rotatable bonds is 6. The number of nitrogens with one attached hydrogen (secondary N) is 1. The van der Waals surface area contributed by atoms with Crippen molar-refractivity contribution >= 4 is 11.6 Å². The lowest BCUT2D eigenvalue weighted by molar-refractivity contribution is 0.691. The molecule has 0 aliphatic heterocycles. The zero-order valence-corrected chi connectivity index (χ0v) is 10.7. The lowest BCUT2D eigenvalue weighted by atomic mass is 10.1. The van der Waals surface area contributed by atoms with Crippen molar-refractivity contribution in [2.24, 2.45) is 5.92 Å². The molecule has 0 amide bonds. The maximum absolute atomic E-state index is 5.91. The van der Waals surface area contributed by atoms with Crippen molar-refractivity contribution in [2.45, 2.75) is 52.0 Å². The topological polar surface area (TPSA) is 63.8 Å². The molecule has 94 valence electrons. The summed E-state index contributed by atoms with van der Waals surface area (Å²) in [6, 6.07) is 0.597. The molecular weight excluding hydrogens is 212 g/mol. The molecule has 1 aliphatic carbocycles. The number of aromatic nitrogens is 2. The second kappa shape index (κ2) is 5.34. The molecule has 0 spiro atoms. The molecule has 0 radical (unpaired) electrons. The van der Waals surface area contributed by atoms with E-state index in [4.69, 9.17) is 5.73 Å². The highest BCUT2D eigenvalue weighted by Gasteiger charge is 2.36. The third kappa shape index (κ3) is 2.87. The molecule has 0 aromatic carbocycles. The molecule has 1 aromatic heterocycles. The van der Waals surface area contributed by atoms with Gasteiger partial charge in [0.25, 0.3) is 0 Å². The second-order valence-corrected chi connectivity index (χ2v) is 4.87. The molecule has 2 unspecified atom stereocenters. The zero-order valence-electron chi connectivity index (χ0n) is 10.7. The Kier molecular flexibility index (Phi) is 3.82. The Morgan fingerprint density at radius 3 is 2.88 bits per heavy atom. The monoisotopic (exact) mass is 234 g/mol. The molecule has 1 heterocycles. The Morgan fingerprint density at radius 2 is 2.18 bits per heavy atom. The van der Waals surface area contributed by atoms with Crippen molar-refractivity contribution in [3.63, 3.8) is 0 Å². The van der Waals surface area contributed by atoms with Crippen LogP contribution in [0, 0.1) is 5.92 Å². The van der Waals surface area contributed by atoms with Crippen LogP contribution < -0.4 is 11.1 Å². The largest absolute Gasteiger partial charge is 0.383 e. The van der Waals surface area contributed by atoms with Gasteiger partial charge in [-0.05, 0) is 25.2 Å². The van der Waals surface area contributed by atoms with Crippen LogP contribution in [0.2, 0.25) is 0 Å². The van der Waals surface area contributed by atoms with Crippen LogP contribution in [0.5, 0.6) is 0 Å². The molecule has 2 atom stereocenters. The first-order valence-electron chi connectivity index (χ1n) is 6.62. The van der Waals surface area contributed by atoms with Crippen LogP contribution in [0.15, 0.2) is 6.33 Å². The summed E-state index contributed by atoms with van der Waals surface area (Å²) in [6.07, 6.45) is 7.39. The van der Waals surface area contributed by atoms with Gasteiger partial charge in [0, 0.05) is 11.6 Å². The first kappa shape index (κ1) is 12.1. The van der Waals surface area contributed by atoms with Gasteiger partial charge in [-0.15, -0.1) is 0 Å². The fourth-order valence-electron chi connectivity index (χ4n) is 2.34. The summed E-state index contributed by atoms with van der Waals surface area (Å²) in [5.74, 6) is 2.39. The van der Waals surface area contributed by atoms with Crippen molar-refractivity contribution in [1.29, 1.82) is 0 Å². The maximum Gasteiger partial charge on any atom is 0.134 e. The zero-order chi connectivity index (χ0) is 12.3. The third-order valence-electron chi connectivity index (χ3n) is 3.38. The molecule has 3 N–H and O–H groups in total. The Hall–Kier alpha value is -1.32. The SMILES string of the molecule is CCCc1c(N)ncnc1NC1CC1CCC. The maximum atomic E-state index is 5.91. The van der Waals surface area contributed by atoms with Crippen molar-refractivity contribution < 1.29 is 0 Å². The minimum Gasteiger partial charge on any atom is -0.383 e. The fraction of sp³-hybridized carbons (Fsp3) is 0.692. The summed E-state index contributed by atoms with van der Waals surface area (Å²) < 4.78 is 0. The quantitative estimate of drug-likeness (QED) is 0.794. The molecule has 17 heavy (non-hydrogen) atoms. The first-order valence-corrected chi connectivity index (χ1v) is 6.62. The van der Waals surface area contributed by atoms with Gasteiger partial charge in [-0.25, -0.2) is 9.97 Å². The van der Waals surface area contributed by atoms with Crippen LogP contribution in [-0.4, -0.2) is 16.0 Å². The van der Waals surface area contributed by atoms with Gasteiger partial charge in [-0.2, -0.15) is 0 Å². The Morgan fingerprint density at radius 1 is 1.35 bits per heavy atom. The predicted molar refractivity (Wildman–Crippen MR) is 70.9 cm³/mol. The normalized spacial score (nSPS) is 22.5. The lowest BCUT2D eigenvalue weighted by Crippen LogP contribution is -2.11. The van der Waals surface area contributed by atoms with Crippen LogP contribution in [0.3, 0.4) is 0 Å². The van der Waals surface area contributed by atoms with Crippen molar-refractivity contribution in [2.75, 3.05) is 11.1 Å². The molecule has 1 aliphatic rings. The minimum absolute atomic E-state index is 0.597. The first-order chi connectivity index (χ1) is 8.26. The number of nitrogens with zero attached hydrogens (tertiary/aromatic N) is 2. The average Bonchev–Trinajstić information content (AvgIpc) is 3.02. The Bertz CT molecular complexity index is 378. The molecular formula is C13H22N4. The van der Waals surface area contributed by atoms with Gasteiger partial charge in [0.1, 0.15) is 18.0 Å². The number of anilines is 2. The van der Waals surface area contributed by atoms with E-state index in [1.165, 1.54) is 19.3 Å². The summed E-state index contributed by atoms with van der Waals surface area (Å²) in [4.78, 5) is 8.40. The molecule has 0 saturated heterocycles. The molecule has 1 saturated carbocycles. The van der Waals surface area contributed by atoms with Gasteiger partial charge in [-0.1, -0.05) is 26.7 Å². The van der Waals surface area contributed by atoms with Gasteiger partial charge >= 0.3 is 0 Å². The third-order valence-corrected chi connectivity index (χ3v) is 3.38. The van der Waals surface area contributed by atoms with E-state index in [1.54, 1.807) is 6.33 Å². The standard InChI is InChI=1S/C13H22N4/c1-3-5-9-7-11(9)17-13-10(6-4-2)12(14)15-8-16-13/h8-9,11H,3-7H2,1-2H3,(H3,14,15,16,17). The van der Waals surface area contributed by atoms with E-state index in [1.807, 2.05) is 0 Å². The molecule has 1 aromatic rings. The van der Waals surface area contributed by atoms with Crippen LogP contribution in [0.25, 0.3) is 0 Å². The summed E-state index contributed by atoms with van der Waals surface area (Å²) >= 11 is 0. The Balaban J connectivity index is 2.03. The van der Waals surface area contributed by atoms with Crippen molar-refractivity contribution in [3.8, 4) is 0 Å². The lowest BCUT2D eigenvalue weighted by Gasteiger charge is -2.11. The predicted octanol–water partition coefficient (Wildman–Crippen LogP) is 2.61.